The van der Waals surface area contributed by atoms with Crippen LogP contribution in [0.1, 0.15) is 30.9 Å². The highest BCUT2D eigenvalue weighted by molar-refractivity contribution is 5.74. The van der Waals surface area contributed by atoms with Gasteiger partial charge in [0.25, 0.3) is 0 Å². The summed E-state index contributed by atoms with van der Waals surface area (Å²) in [4.78, 5) is 14.1. The van der Waals surface area contributed by atoms with Crippen LogP contribution in [0.15, 0.2) is 24.3 Å². The number of rotatable bonds is 5. The van der Waals surface area contributed by atoms with Crippen molar-refractivity contribution < 1.29 is 4.79 Å². The number of hydrogen-bond donors (Lipinski definition) is 2. The second-order valence-electron chi connectivity index (χ2n) is 5.90. The fourth-order valence-corrected chi connectivity index (χ4v) is 2.65. The number of likely N-dealkylation sites (tertiary alicyclic amines) is 1. The van der Waals surface area contributed by atoms with Gasteiger partial charge >= 0.3 is 6.03 Å². The van der Waals surface area contributed by atoms with Crippen LogP contribution in [0.2, 0.25) is 0 Å². The van der Waals surface area contributed by atoms with Crippen molar-refractivity contribution in [1.82, 2.24) is 15.5 Å². The number of amides is 2. The molecular formula is C17H27N3O. The molecular weight excluding hydrogens is 262 g/mol. The summed E-state index contributed by atoms with van der Waals surface area (Å²) in [5.74, 6) is 0. The molecule has 1 aliphatic rings. The number of hydrogen-bond acceptors (Lipinski definition) is 2. The van der Waals surface area contributed by atoms with Crippen molar-refractivity contribution in [1.29, 1.82) is 0 Å². The molecule has 4 nitrogen and oxygen atoms in total. The molecule has 2 N–H and O–H groups in total. The van der Waals surface area contributed by atoms with E-state index in [1.807, 2.05) is 0 Å². The van der Waals surface area contributed by atoms with Crippen LogP contribution in [-0.4, -0.2) is 43.7 Å². The maximum absolute atomic E-state index is 11.8. The summed E-state index contributed by atoms with van der Waals surface area (Å²) in [5, 5.41) is 6.02. The van der Waals surface area contributed by atoms with Crippen LogP contribution >= 0.6 is 0 Å². The standard InChI is InChI=1S/C17H27N3O/c1-3-14-4-6-15(7-5-14)8-11-18-17(21)19-16-9-12-20(2)13-10-16/h4-7,16H,3,8-13H2,1-2H3,(H2,18,19,21). The third kappa shape index (κ3) is 5.38. The SMILES string of the molecule is CCc1ccc(CCNC(=O)NC2CCN(C)CC2)cc1. The number of nitrogens with one attached hydrogen (secondary N) is 2. The molecule has 2 rings (SSSR count). The zero-order chi connectivity index (χ0) is 15.1. The average Bonchev–Trinajstić information content (AvgIpc) is 2.50. The molecule has 0 aliphatic carbocycles. The Morgan fingerprint density at radius 3 is 2.43 bits per heavy atom. The quantitative estimate of drug-likeness (QED) is 0.872. The van der Waals surface area contributed by atoms with Gasteiger partial charge in [0, 0.05) is 12.6 Å². The summed E-state index contributed by atoms with van der Waals surface area (Å²) < 4.78 is 0. The highest BCUT2D eigenvalue weighted by Crippen LogP contribution is 2.08. The summed E-state index contributed by atoms with van der Waals surface area (Å²) in [5.41, 5.74) is 2.62. The van der Waals surface area contributed by atoms with Crippen LogP contribution in [0.3, 0.4) is 0 Å². The lowest BCUT2D eigenvalue weighted by Gasteiger charge is -2.29. The summed E-state index contributed by atoms with van der Waals surface area (Å²) in [6, 6.07) is 8.91. The van der Waals surface area contributed by atoms with E-state index < -0.39 is 0 Å². The molecule has 116 valence electrons. The molecule has 1 heterocycles. The molecule has 1 aliphatic heterocycles. The normalized spacial score (nSPS) is 16.7. The van der Waals surface area contributed by atoms with E-state index in [1.165, 1.54) is 11.1 Å². The van der Waals surface area contributed by atoms with E-state index in [0.717, 1.165) is 38.8 Å². The predicted molar refractivity (Wildman–Crippen MR) is 86.6 cm³/mol. The number of piperidine rings is 1. The first-order valence-corrected chi connectivity index (χ1v) is 7.98. The Morgan fingerprint density at radius 2 is 1.81 bits per heavy atom. The Labute approximate surface area is 127 Å². The lowest BCUT2D eigenvalue weighted by atomic mass is 10.1. The maximum Gasteiger partial charge on any atom is 0.315 e. The zero-order valence-electron chi connectivity index (χ0n) is 13.2. The first-order chi connectivity index (χ1) is 10.2. The van der Waals surface area contributed by atoms with Gasteiger partial charge in [0.1, 0.15) is 0 Å². The van der Waals surface area contributed by atoms with Crippen LogP contribution < -0.4 is 10.6 Å². The molecule has 2 amide bonds. The third-order valence-electron chi connectivity index (χ3n) is 4.18. The van der Waals surface area contributed by atoms with Gasteiger partial charge in [-0.25, -0.2) is 4.79 Å². The number of nitrogens with zero attached hydrogens (tertiary/aromatic N) is 1. The van der Waals surface area contributed by atoms with Crippen molar-refractivity contribution in [2.45, 2.75) is 38.6 Å². The molecule has 1 aromatic carbocycles. The molecule has 0 bridgehead atoms. The van der Waals surface area contributed by atoms with Gasteiger partial charge < -0.3 is 15.5 Å². The molecule has 0 saturated carbocycles. The molecule has 0 spiro atoms. The summed E-state index contributed by atoms with van der Waals surface area (Å²) in [6.07, 6.45) is 4.03. The molecule has 4 heteroatoms. The largest absolute Gasteiger partial charge is 0.338 e. The van der Waals surface area contributed by atoms with Crippen molar-refractivity contribution in [3.05, 3.63) is 35.4 Å². The minimum Gasteiger partial charge on any atom is -0.338 e. The second kappa shape index (κ2) is 8.03. The number of urea groups is 1. The second-order valence-corrected chi connectivity index (χ2v) is 5.90. The van der Waals surface area contributed by atoms with E-state index in [0.29, 0.717) is 12.6 Å². The van der Waals surface area contributed by atoms with Gasteiger partial charge in [-0.3, -0.25) is 0 Å². The van der Waals surface area contributed by atoms with Crippen LogP contribution in [0.4, 0.5) is 4.79 Å². The van der Waals surface area contributed by atoms with E-state index in [9.17, 15) is 4.79 Å². The van der Waals surface area contributed by atoms with Crippen LogP contribution in [0, 0.1) is 0 Å². The van der Waals surface area contributed by atoms with Gasteiger partial charge in [0.15, 0.2) is 0 Å². The monoisotopic (exact) mass is 289 g/mol. The summed E-state index contributed by atoms with van der Waals surface area (Å²) >= 11 is 0. The molecule has 21 heavy (non-hydrogen) atoms. The Morgan fingerprint density at radius 1 is 1.19 bits per heavy atom. The topological polar surface area (TPSA) is 44.4 Å². The molecule has 0 radical (unpaired) electrons. The van der Waals surface area contributed by atoms with Gasteiger partial charge in [-0.1, -0.05) is 31.2 Å². The van der Waals surface area contributed by atoms with Gasteiger partial charge in [0.2, 0.25) is 0 Å². The van der Waals surface area contributed by atoms with Crippen molar-refractivity contribution in [2.24, 2.45) is 0 Å². The van der Waals surface area contributed by atoms with Crippen molar-refractivity contribution in [3.63, 3.8) is 0 Å². The lowest BCUT2D eigenvalue weighted by molar-refractivity contribution is 0.214. The molecule has 0 aromatic heterocycles. The average molecular weight is 289 g/mol. The van der Waals surface area contributed by atoms with E-state index in [2.05, 4.69) is 53.8 Å². The fourth-order valence-electron chi connectivity index (χ4n) is 2.65. The van der Waals surface area contributed by atoms with Crippen LogP contribution in [0.5, 0.6) is 0 Å². The van der Waals surface area contributed by atoms with E-state index in [-0.39, 0.29) is 6.03 Å². The molecule has 0 atom stereocenters. The van der Waals surface area contributed by atoms with Crippen molar-refractivity contribution in [2.75, 3.05) is 26.7 Å². The lowest BCUT2D eigenvalue weighted by Crippen LogP contribution is -2.47. The van der Waals surface area contributed by atoms with Crippen molar-refractivity contribution in [3.8, 4) is 0 Å². The smallest absolute Gasteiger partial charge is 0.315 e. The Hall–Kier alpha value is -1.55. The van der Waals surface area contributed by atoms with Crippen LogP contribution in [0.25, 0.3) is 0 Å². The summed E-state index contributed by atoms with van der Waals surface area (Å²) in [6.45, 7) is 4.97. The Balaban J connectivity index is 1.64. The first kappa shape index (κ1) is 15.8. The molecule has 1 saturated heterocycles. The highest BCUT2D eigenvalue weighted by atomic mass is 16.2. The van der Waals surface area contributed by atoms with E-state index >= 15 is 0 Å². The minimum absolute atomic E-state index is 0.0327. The van der Waals surface area contributed by atoms with E-state index in [4.69, 9.17) is 0 Å². The first-order valence-electron chi connectivity index (χ1n) is 7.98. The predicted octanol–water partition coefficient (Wildman–Crippen LogP) is 2.18. The third-order valence-corrected chi connectivity index (χ3v) is 4.18. The number of carbonyl (C=O) groups excluding carboxylic acids is 1. The van der Waals surface area contributed by atoms with Gasteiger partial charge in [0.05, 0.1) is 0 Å². The maximum atomic E-state index is 11.8. The zero-order valence-corrected chi connectivity index (χ0v) is 13.2. The van der Waals surface area contributed by atoms with Gasteiger partial charge in [-0.05, 0) is 56.9 Å². The Kier molecular flexibility index (Phi) is 6.05. The number of carbonyl (C=O) groups is 1. The molecule has 0 unspecified atom stereocenters. The molecule has 1 fully saturated rings. The minimum atomic E-state index is -0.0327. The molecule has 1 aromatic rings. The van der Waals surface area contributed by atoms with Crippen molar-refractivity contribution >= 4 is 6.03 Å². The number of benzene rings is 1. The number of aryl methyl sites for hydroxylation is 1. The van der Waals surface area contributed by atoms with Gasteiger partial charge in [-0.2, -0.15) is 0 Å². The highest BCUT2D eigenvalue weighted by Gasteiger charge is 2.17. The van der Waals surface area contributed by atoms with Crippen LogP contribution in [-0.2, 0) is 12.8 Å². The van der Waals surface area contributed by atoms with Gasteiger partial charge in [-0.15, -0.1) is 0 Å². The summed E-state index contributed by atoms with van der Waals surface area (Å²) in [7, 11) is 2.13. The van der Waals surface area contributed by atoms with E-state index in [1.54, 1.807) is 0 Å². The Bertz CT molecular complexity index is 436. The fraction of sp³-hybridized carbons (Fsp3) is 0.588.